The highest BCUT2D eigenvalue weighted by molar-refractivity contribution is 5.77. The first-order valence-electron chi connectivity index (χ1n) is 5.12. The summed E-state index contributed by atoms with van der Waals surface area (Å²) in [7, 11) is 4.12. The van der Waals surface area contributed by atoms with E-state index in [-0.39, 0.29) is 0 Å². The molecule has 1 aromatic heterocycles. The maximum absolute atomic E-state index is 4.19. The van der Waals surface area contributed by atoms with Gasteiger partial charge in [0, 0.05) is 6.54 Å². The fourth-order valence-electron chi connectivity index (χ4n) is 1.59. The van der Waals surface area contributed by atoms with Gasteiger partial charge < -0.3 is 4.90 Å². The minimum atomic E-state index is 0.882. The van der Waals surface area contributed by atoms with Gasteiger partial charge in [0.1, 0.15) is 5.52 Å². The molecular formula is C11H16N4. The third-order valence-electron chi connectivity index (χ3n) is 2.51. The van der Waals surface area contributed by atoms with Crippen molar-refractivity contribution < 1.29 is 0 Å². The zero-order chi connectivity index (χ0) is 10.8. The van der Waals surface area contributed by atoms with Crippen molar-refractivity contribution in [2.75, 3.05) is 20.6 Å². The Labute approximate surface area is 89.5 Å². The zero-order valence-electron chi connectivity index (χ0n) is 9.44. The molecule has 1 heterocycles. The van der Waals surface area contributed by atoms with E-state index in [9.17, 15) is 0 Å². The summed E-state index contributed by atoms with van der Waals surface area (Å²) < 4.78 is 1.96. The van der Waals surface area contributed by atoms with E-state index in [1.807, 2.05) is 10.7 Å². The summed E-state index contributed by atoms with van der Waals surface area (Å²) in [5.74, 6) is 0. The van der Waals surface area contributed by atoms with E-state index in [0.29, 0.717) is 0 Å². The van der Waals surface area contributed by atoms with Gasteiger partial charge in [-0.05, 0) is 32.6 Å². The quantitative estimate of drug-likeness (QED) is 0.755. The third kappa shape index (κ3) is 1.99. The van der Waals surface area contributed by atoms with Gasteiger partial charge in [0.05, 0.1) is 12.1 Å². The molecule has 0 aliphatic rings. The lowest BCUT2D eigenvalue weighted by Crippen LogP contribution is -2.18. The lowest BCUT2D eigenvalue weighted by atomic mass is 10.2. The number of hydrogen-bond donors (Lipinski definition) is 0. The van der Waals surface area contributed by atoms with Gasteiger partial charge >= 0.3 is 0 Å². The number of rotatable bonds is 3. The van der Waals surface area contributed by atoms with E-state index >= 15 is 0 Å². The predicted molar refractivity (Wildman–Crippen MR) is 60.8 cm³/mol. The molecule has 4 heteroatoms. The zero-order valence-corrected chi connectivity index (χ0v) is 9.44. The van der Waals surface area contributed by atoms with Crippen molar-refractivity contribution in [1.82, 2.24) is 19.9 Å². The van der Waals surface area contributed by atoms with Crippen molar-refractivity contribution in [2.45, 2.75) is 13.5 Å². The van der Waals surface area contributed by atoms with Crippen molar-refractivity contribution in [2.24, 2.45) is 0 Å². The molecule has 2 rings (SSSR count). The molecule has 1 aromatic carbocycles. The Kier molecular flexibility index (Phi) is 2.68. The summed E-state index contributed by atoms with van der Waals surface area (Å²) in [5.41, 5.74) is 3.32. The minimum absolute atomic E-state index is 0.882. The number of aromatic nitrogens is 3. The first-order chi connectivity index (χ1) is 7.18. The maximum Gasteiger partial charge on any atom is 0.116 e. The van der Waals surface area contributed by atoms with Crippen molar-refractivity contribution in [3.63, 3.8) is 0 Å². The van der Waals surface area contributed by atoms with Crippen molar-refractivity contribution in [3.05, 3.63) is 23.8 Å². The molecule has 0 N–H and O–H groups in total. The molecule has 0 bridgehead atoms. The molecule has 0 aliphatic heterocycles. The Balaban J connectivity index is 2.33. The standard InChI is InChI=1S/C11H16N4/c1-9-5-4-6-10-11(9)12-13-15(10)8-7-14(2)3/h4-6H,7-8H2,1-3H3. The molecule has 0 unspecified atom stereocenters. The average Bonchev–Trinajstić information content (AvgIpc) is 2.59. The summed E-state index contributed by atoms with van der Waals surface area (Å²) >= 11 is 0. The molecule has 0 amide bonds. The summed E-state index contributed by atoms with van der Waals surface area (Å²) in [6.45, 7) is 3.92. The molecule has 0 saturated carbocycles. The molecule has 0 aliphatic carbocycles. The number of nitrogens with zero attached hydrogens (tertiary/aromatic N) is 4. The van der Waals surface area contributed by atoms with Crippen LogP contribution in [-0.2, 0) is 6.54 Å². The number of hydrogen-bond acceptors (Lipinski definition) is 3. The fraction of sp³-hybridized carbons (Fsp3) is 0.455. The Morgan fingerprint density at radius 3 is 2.87 bits per heavy atom. The fourth-order valence-corrected chi connectivity index (χ4v) is 1.59. The average molecular weight is 204 g/mol. The highest BCUT2D eigenvalue weighted by atomic mass is 15.4. The largest absolute Gasteiger partial charge is 0.308 e. The van der Waals surface area contributed by atoms with Crippen LogP contribution in [0, 0.1) is 6.92 Å². The first kappa shape index (κ1) is 10.1. The number of benzene rings is 1. The topological polar surface area (TPSA) is 34.0 Å². The van der Waals surface area contributed by atoms with Gasteiger partial charge in [-0.1, -0.05) is 17.3 Å². The van der Waals surface area contributed by atoms with Crippen molar-refractivity contribution in [1.29, 1.82) is 0 Å². The van der Waals surface area contributed by atoms with Crippen LogP contribution in [0.1, 0.15) is 5.56 Å². The molecule has 80 valence electrons. The summed E-state index contributed by atoms with van der Waals surface area (Å²) in [5, 5.41) is 8.36. The van der Waals surface area contributed by atoms with Gasteiger partial charge in [-0.3, -0.25) is 0 Å². The van der Waals surface area contributed by atoms with E-state index in [4.69, 9.17) is 0 Å². The number of likely N-dealkylation sites (N-methyl/N-ethyl adjacent to an activating group) is 1. The van der Waals surface area contributed by atoms with Gasteiger partial charge in [-0.15, -0.1) is 5.10 Å². The minimum Gasteiger partial charge on any atom is -0.308 e. The Hall–Kier alpha value is -1.42. The third-order valence-corrected chi connectivity index (χ3v) is 2.51. The highest BCUT2D eigenvalue weighted by Crippen LogP contribution is 2.14. The SMILES string of the molecule is Cc1cccc2c1nnn2CCN(C)C. The van der Waals surface area contributed by atoms with Crippen LogP contribution in [0.4, 0.5) is 0 Å². The van der Waals surface area contributed by atoms with Crippen molar-refractivity contribution in [3.8, 4) is 0 Å². The van der Waals surface area contributed by atoms with Gasteiger partial charge in [-0.25, -0.2) is 4.68 Å². The highest BCUT2D eigenvalue weighted by Gasteiger charge is 2.05. The second kappa shape index (κ2) is 3.98. The molecule has 2 aromatic rings. The lowest BCUT2D eigenvalue weighted by molar-refractivity contribution is 0.374. The summed E-state index contributed by atoms with van der Waals surface area (Å²) in [4.78, 5) is 2.14. The summed E-state index contributed by atoms with van der Waals surface area (Å²) in [6, 6.07) is 6.18. The van der Waals surface area contributed by atoms with Crippen LogP contribution in [0.25, 0.3) is 11.0 Å². The maximum atomic E-state index is 4.19. The first-order valence-corrected chi connectivity index (χ1v) is 5.12. The van der Waals surface area contributed by atoms with Gasteiger partial charge in [0.2, 0.25) is 0 Å². The van der Waals surface area contributed by atoms with Crippen LogP contribution in [0.2, 0.25) is 0 Å². The van der Waals surface area contributed by atoms with Crippen LogP contribution in [-0.4, -0.2) is 40.5 Å². The van der Waals surface area contributed by atoms with Gasteiger partial charge in [0.15, 0.2) is 0 Å². The van der Waals surface area contributed by atoms with Crippen molar-refractivity contribution >= 4 is 11.0 Å². The summed E-state index contributed by atoms with van der Waals surface area (Å²) in [6.07, 6.45) is 0. The van der Waals surface area contributed by atoms with Crippen LogP contribution in [0.15, 0.2) is 18.2 Å². The monoisotopic (exact) mass is 204 g/mol. The molecule has 15 heavy (non-hydrogen) atoms. The lowest BCUT2D eigenvalue weighted by Gasteiger charge is -2.09. The van der Waals surface area contributed by atoms with E-state index in [2.05, 4.69) is 48.4 Å². The Bertz CT molecular complexity index is 459. The van der Waals surface area contributed by atoms with Crippen LogP contribution >= 0.6 is 0 Å². The van der Waals surface area contributed by atoms with E-state index in [1.165, 1.54) is 5.56 Å². The molecule has 4 nitrogen and oxygen atoms in total. The Morgan fingerprint density at radius 1 is 1.33 bits per heavy atom. The normalized spacial score (nSPS) is 11.5. The molecular weight excluding hydrogens is 188 g/mol. The molecule has 0 saturated heterocycles. The number of aryl methyl sites for hydroxylation is 1. The second-order valence-corrected chi connectivity index (χ2v) is 4.06. The smallest absolute Gasteiger partial charge is 0.116 e. The number of fused-ring (bicyclic) bond motifs is 1. The molecule has 0 fully saturated rings. The second-order valence-electron chi connectivity index (χ2n) is 4.06. The van der Waals surface area contributed by atoms with Crippen LogP contribution in [0.3, 0.4) is 0 Å². The van der Waals surface area contributed by atoms with E-state index in [1.54, 1.807) is 0 Å². The van der Waals surface area contributed by atoms with Gasteiger partial charge in [0.25, 0.3) is 0 Å². The molecule has 0 atom stereocenters. The predicted octanol–water partition coefficient (Wildman–Crippen LogP) is 1.30. The van der Waals surface area contributed by atoms with Gasteiger partial charge in [-0.2, -0.15) is 0 Å². The van der Waals surface area contributed by atoms with E-state index < -0.39 is 0 Å². The van der Waals surface area contributed by atoms with Crippen LogP contribution in [0.5, 0.6) is 0 Å². The Morgan fingerprint density at radius 2 is 2.13 bits per heavy atom. The van der Waals surface area contributed by atoms with E-state index in [0.717, 1.165) is 24.1 Å². The molecule has 0 spiro atoms. The molecule has 0 radical (unpaired) electrons. The van der Waals surface area contributed by atoms with Crippen LogP contribution < -0.4 is 0 Å².